The topological polar surface area (TPSA) is 85.9 Å². The summed E-state index contributed by atoms with van der Waals surface area (Å²) in [5, 5.41) is 17.8. The number of anilines is 1. The Morgan fingerprint density at radius 3 is 2.89 bits per heavy atom. The van der Waals surface area contributed by atoms with E-state index in [1.807, 2.05) is 13.2 Å². The van der Waals surface area contributed by atoms with Crippen molar-refractivity contribution in [1.29, 1.82) is 0 Å². The Balaban J connectivity index is 2.17. The number of hydrogen-bond donors (Lipinski definition) is 1. The smallest absolute Gasteiger partial charge is 0.311 e. The molecule has 2 rings (SSSR count). The van der Waals surface area contributed by atoms with Crippen molar-refractivity contribution in [2.45, 2.75) is 13.5 Å². The number of pyridine rings is 1. The highest BCUT2D eigenvalue weighted by Crippen LogP contribution is 2.22. The molecule has 0 amide bonds. The fourth-order valence-corrected chi connectivity index (χ4v) is 1.58. The predicted octanol–water partition coefficient (Wildman–Crippen LogP) is 1.64. The average molecular weight is 247 g/mol. The molecule has 0 bridgehead atoms. The zero-order valence-electron chi connectivity index (χ0n) is 10.1. The molecule has 0 saturated carbocycles. The fraction of sp³-hybridized carbons (Fsp3) is 0.273. The highest BCUT2D eigenvalue weighted by atomic mass is 16.6. The normalized spacial score (nSPS) is 10.3. The first-order valence-corrected chi connectivity index (χ1v) is 5.39. The van der Waals surface area contributed by atoms with Gasteiger partial charge < -0.3 is 5.32 Å². The molecule has 2 heterocycles. The Kier molecular flexibility index (Phi) is 3.22. The fourth-order valence-electron chi connectivity index (χ4n) is 1.58. The summed E-state index contributed by atoms with van der Waals surface area (Å²) < 4.78 is 1.68. The summed E-state index contributed by atoms with van der Waals surface area (Å²) in [5.41, 5.74) is 1.65. The number of aromatic nitrogens is 3. The van der Waals surface area contributed by atoms with E-state index in [2.05, 4.69) is 15.4 Å². The molecule has 0 unspecified atom stereocenters. The summed E-state index contributed by atoms with van der Waals surface area (Å²) in [7, 11) is 1.82. The maximum Gasteiger partial charge on any atom is 0.311 e. The number of rotatable bonds is 4. The van der Waals surface area contributed by atoms with Gasteiger partial charge in [-0.15, -0.1) is 0 Å². The maximum atomic E-state index is 10.9. The predicted molar refractivity (Wildman–Crippen MR) is 66.2 cm³/mol. The number of aryl methyl sites for hydroxylation is 2. The third-order valence-corrected chi connectivity index (χ3v) is 2.43. The van der Waals surface area contributed by atoms with E-state index >= 15 is 0 Å². The van der Waals surface area contributed by atoms with Gasteiger partial charge in [0.15, 0.2) is 0 Å². The van der Waals surface area contributed by atoms with E-state index in [0.29, 0.717) is 6.54 Å². The van der Waals surface area contributed by atoms with Gasteiger partial charge in [0.2, 0.25) is 5.82 Å². The van der Waals surface area contributed by atoms with Gasteiger partial charge in [0.05, 0.1) is 11.1 Å². The first-order chi connectivity index (χ1) is 8.56. The Labute approximate surface area is 104 Å². The lowest BCUT2D eigenvalue weighted by Crippen LogP contribution is -2.05. The van der Waals surface area contributed by atoms with Crippen LogP contribution in [0.25, 0.3) is 0 Å². The highest BCUT2D eigenvalue weighted by molar-refractivity contribution is 5.56. The molecule has 94 valence electrons. The van der Waals surface area contributed by atoms with E-state index in [-0.39, 0.29) is 11.5 Å². The zero-order valence-corrected chi connectivity index (χ0v) is 10.1. The molecule has 0 fully saturated rings. The monoisotopic (exact) mass is 247 g/mol. The Morgan fingerprint density at radius 1 is 1.50 bits per heavy atom. The Hall–Kier alpha value is -2.44. The van der Waals surface area contributed by atoms with Gasteiger partial charge in [-0.25, -0.2) is 4.98 Å². The van der Waals surface area contributed by atoms with Crippen LogP contribution >= 0.6 is 0 Å². The molecule has 7 nitrogen and oxygen atoms in total. The van der Waals surface area contributed by atoms with Crippen LogP contribution in [0, 0.1) is 17.0 Å². The van der Waals surface area contributed by atoms with Crippen molar-refractivity contribution in [3.8, 4) is 0 Å². The Bertz CT molecular complexity index is 579. The van der Waals surface area contributed by atoms with Gasteiger partial charge in [-0.1, -0.05) is 0 Å². The number of nitrogens with zero attached hydrogens (tertiary/aromatic N) is 4. The van der Waals surface area contributed by atoms with E-state index in [4.69, 9.17) is 0 Å². The Morgan fingerprint density at radius 2 is 2.28 bits per heavy atom. The lowest BCUT2D eigenvalue weighted by molar-refractivity contribution is -0.384. The van der Waals surface area contributed by atoms with E-state index in [1.54, 1.807) is 23.9 Å². The van der Waals surface area contributed by atoms with Crippen LogP contribution in [0.5, 0.6) is 0 Å². The minimum absolute atomic E-state index is 0.0236. The molecular weight excluding hydrogens is 234 g/mol. The third-order valence-electron chi connectivity index (χ3n) is 2.43. The van der Waals surface area contributed by atoms with Crippen LogP contribution in [0.3, 0.4) is 0 Å². The molecule has 18 heavy (non-hydrogen) atoms. The molecule has 0 aliphatic heterocycles. The molecule has 2 aromatic heterocycles. The van der Waals surface area contributed by atoms with Gasteiger partial charge >= 0.3 is 5.69 Å². The van der Waals surface area contributed by atoms with Crippen LogP contribution in [0.15, 0.2) is 24.5 Å². The van der Waals surface area contributed by atoms with Crippen LogP contribution in [0.4, 0.5) is 11.5 Å². The van der Waals surface area contributed by atoms with Gasteiger partial charge in [-0.05, 0) is 13.0 Å². The number of hydrogen-bond acceptors (Lipinski definition) is 5. The molecule has 0 aliphatic carbocycles. The molecular formula is C11H13N5O2. The molecule has 1 N–H and O–H groups in total. The van der Waals surface area contributed by atoms with E-state index in [9.17, 15) is 10.1 Å². The quantitative estimate of drug-likeness (QED) is 0.655. The standard InChI is InChI=1S/C11H13N5O2/c1-8-3-4-10(16(17)18)11(14-8)12-5-9-6-13-15(2)7-9/h3-4,6-7H,5H2,1-2H3,(H,12,14). The second-order valence-electron chi connectivity index (χ2n) is 3.95. The van der Waals surface area contributed by atoms with Crippen LogP contribution in [0.1, 0.15) is 11.3 Å². The van der Waals surface area contributed by atoms with Crippen LogP contribution in [0.2, 0.25) is 0 Å². The largest absolute Gasteiger partial charge is 0.360 e. The minimum atomic E-state index is -0.446. The van der Waals surface area contributed by atoms with Crippen LogP contribution in [-0.4, -0.2) is 19.7 Å². The summed E-state index contributed by atoms with van der Waals surface area (Å²) in [6, 6.07) is 3.07. The highest BCUT2D eigenvalue weighted by Gasteiger charge is 2.14. The SMILES string of the molecule is Cc1ccc([N+](=O)[O-])c(NCc2cnn(C)c2)n1. The van der Waals surface area contributed by atoms with Gasteiger partial charge in [0, 0.05) is 37.1 Å². The minimum Gasteiger partial charge on any atom is -0.360 e. The van der Waals surface area contributed by atoms with Gasteiger partial charge in [-0.3, -0.25) is 14.8 Å². The third kappa shape index (κ3) is 2.62. The lowest BCUT2D eigenvalue weighted by Gasteiger charge is -2.05. The average Bonchev–Trinajstić information content (AvgIpc) is 2.72. The van der Waals surface area contributed by atoms with Crippen molar-refractivity contribution < 1.29 is 4.92 Å². The van der Waals surface area contributed by atoms with Crippen LogP contribution in [-0.2, 0) is 13.6 Å². The van der Waals surface area contributed by atoms with Crippen molar-refractivity contribution in [3.05, 3.63) is 45.9 Å². The second kappa shape index (κ2) is 4.82. The van der Waals surface area contributed by atoms with E-state index in [1.165, 1.54) is 6.07 Å². The summed E-state index contributed by atoms with van der Waals surface area (Å²) in [4.78, 5) is 14.5. The van der Waals surface area contributed by atoms with E-state index in [0.717, 1.165) is 11.3 Å². The maximum absolute atomic E-state index is 10.9. The number of nitrogens with one attached hydrogen (secondary N) is 1. The first-order valence-electron chi connectivity index (χ1n) is 5.39. The van der Waals surface area contributed by atoms with Crippen molar-refractivity contribution in [3.63, 3.8) is 0 Å². The molecule has 0 saturated heterocycles. The van der Waals surface area contributed by atoms with Crippen molar-refractivity contribution in [2.24, 2.45) is 7.05 Å². The zero-order chi connectivity index (χ0) is 13.1. The molecule has 0 atom stereocenters. The first kappa shape index (κ1) is 12.0. The van der Waals surface area contributed by atoms with Gasteiger partial charge in [0.1, 0.15) is 0 Å². The van der Waals surface area contributed by atoms with Crippen molar-refractivity contribution in [2.75, 3.05) is 5.32 Å². The van der Waals surface area contributed by atoms with Crippen molar-refractivity contribution >= 4 is 11.5 Å². The summed E-state index contributed by atoms with van der Waals surface area (Å²) in [6.45, 7) is 2.24. The summed E-state index contributed by atoms with van der Waals surface area (Å²) in [5.74, 6) is 0.281. The molecule has 2 aromatic rings. The van der Waals surface area contributed by atoms with Gasteiger partial charge in [-0.2, -0.15) is 5.10 Å². The van der Waals surface area contributed by atoms with Crippen LogP contribution < -0.4 is 5.32 Å². The van der Waals surface area contributed by atoms with Crippen molar-refractivity contribution in [1.82, 2.24) is 14.8 Å². The molecule has 0 aromatic carbocycles. The molecule has 7 heteroatoms. The van der Waals surface area contributed by atoms with E-state index < -0.39 is 4.92 Å². The number of nitro groups is 1. The summed E-state index contributed by atoms with van der Waals surface area (Å²) in [6.07, 6.45) is 3.54. The summed E-state index contributed by atoms with van der Waals surface area (Å²) >= 11 is 0. The van der Waals surface area contributed by atoms with Gasteiger partial charge in [0.25, 0.3) is 0 Å². The molecule has 0 radical (unpaired) electrons. The molecule has 0 spiro atoms. The lowest BCUT2D eigenvalue weighted by atomic mass is 10.3. The second-order valence-corrected chi connectivity index (χ2v) is 3.95. The molecule has 0 aliphatic rings.